The zero-order valence-corrected chi connectivity index (χ0v) is 17.5. The SMILES string of the molecule is CC1(C)N=C(c2cc(Cl)cc(Cl)c2)C(=O)N1[C@@H](c1ccc(C(=O)O)cc1)C1CC1. The topological polar surface area (TPSA) is 70.0 Å². The Hall–Kier alpha value is -2.37. The molecule has 0 unspecified atom stereocenters. The Morgan fingerprint density at radius 2 is 1.72 bits per heavy atom. The zero-order valence-electron chi connectivity index (χ0n) is 16.0. The molecule has 1 aliphatic carbocycles. The first-order valence-electron chi connectivity index (χ1n) is 9.40. The number of aromatic carboxylic acids is 1. The minimum atomic E-state index is -0.972. The highest BCUT2D eigenvalue weighted by atomic mass is 35.5. The quantitative estimate of drug-likeness (QED) is 0.707. The van der Waals surface area contributed by atoms with E-state index in [1.807, 2.05) is 18.7 Å². The number of benzene rings is 2. The van der Waals surface area contributed by atoms with Gasteiger partial charge >= 0.3 is 5.97 Å². The van der Waals surface area contributed by atoms with E-state index in [0.717, 1.165) is 18.4 Å². The lowest BCUT2D eigenvalue weighted by Crippen LogP contribution is -2.46. The van der Waals surface area contributed by atoms with Crippen molar-refractivity contribution in [3.8, 4) is 0 Å². The largest absolute Gasteiger partial charge is 0.478 e. The number of nitrogens with zero attached hydrogens (tertiary/aromatic N) is 2. The summed E-state index contributed by atoms with van der Waals surface area (Å²) < 4.78 is 0. The van der Waals surface area contributed by atoms with Crippen molar-refractivity contribution in [2.24, 2.45) is 10.9 Å². The molecule has 29 heavy (non-hydrogen) atoms. The summed E-state index contributed by atoms with van der Waals surface area (Å²) in [6.07, 6.45) is 2.03. The monoisotopic (exact) mass is 430 g/mol. The molecule has 4 rings (SSSR count). The molecule has 1 aliphatic heterocycles. The molecule has 0 spiro atoms. The van der Waals surface area contributed by atoms with Crippen molar-refractivity contribution in [2.75, 3.05) is 0 Å². The molecule has 7 heteroatoms. The average Bonchev–Trinajstić information content (AvgIpc) is 3.44. The third-order valence-electron chi connectivity index (χ3n) is 5.38. The number of carbonyl (C=O) groups is 2. The summed E-state index contributed by atoms with van der Waals surface area (Å²) in [6, 6.07) is 11.6. The van der Waals surface area contributed by atoms with Crippen LogP contribution >= 0.6 is 23.2 Å². The van der Waals surface area contributed by atoms with E-state index < -0.39 is 11.6 Å². The van der Waals surface area contributed by atoms with Gasteiger partial charge in [0, 0.05) is 15.6 Å². The van der Waals surface area contributed by atoms with Crippen molar-refractivity contribution >= 4 is 40.8 Å². The van der Waals surface area contributed by atoms with Crippen LogP contribution in [-0.4, -0.2) is 33.3 Å². The Labute approximate surface area is 179 Å². The van der Waals surface area contributed by atoms with Crippen LogP contribution in [0.3, 0.4) is 0 Å². The standard InChI is InChI=1S/C22H20Cl2N2O3/c1-22(2)25-18(15-9-16(23)11-17(24)10-15)20(27)26(22)19(12-3-4-12)13-5-7-14(8-6-13)21(28)29/h5-12,19H,3-4H2,1-2H3,(H,28,29)/t19-/m1/s1. The summed E-state index contributed by atoms with van der Waals surface area (Å²) in [5.74, 6) is -0.820. The maximum Gasteiger partial charge on any atom is 0.335 e. The molecule has 0 bridgehead atoms. The number of aliphatic imine (C=N–C) groups is 1. The maximum atomic E-state index is 13.5. The number of hydrogen-bond acceptors (Lipinski definition) is 3. The van der Waals surface area contributed by atoms with Crippen molar-refractivity contribution in [3.05, 3.63) is 69.2 Å². The van der Waals surface area contributed by atoms with E-state index in [4.69, 9.17) is 28.2 Å². The molecule has 1 heterocycles. The number of halogens is 2. The first-order chi connectivity index (χ1) is 13.7. The number of rotatable bonds is 5. The van der Waals surface area contributed by atoms with Gasteiger partial charge in [0.15, 0.2) is 0 Å². The first-order valence-corrected chi connectivity index (χ1v) is 10.2. The van der Waals surface area contributed by atoms with Gasteiger partial charge < -0.3 is 10.0 Å². The second-order valence-corrected chi connectivity index (χ2v) is 8.87. The van der Waals surface area contributed by atoms with Crippen molar-refractivity contribution in [1.82, 2.24) is 4.90 Å². The van der Waals surface area contributed by atoms with Gasteiger partial charge in [-0.3, -0.25) is 9.79 Å². The van der Waals surface area contributed by atoms with Crippen molar-refractivity contribution < 1.29 is 14.7 Å². The molecule has 2 aliphatic rings. The van der Waals surface area contributed by atoms with E-state index in [9.17, 15) is 14.7 Å². The van der Waals surface area contributed by atoms with Crippen LogP contribution < -0.4 is 0 Å². The minimum Gasteiger partial charge on any atom is -0.478 e. The van der Waals surface area contributed by atoms with E-state index in [2.05, 4.69) is 0 Å². The predicted molar refractivity (Wildman–Crippen MR) is 113 cm³/mol. The number of carboxylic acids is 1. The number of carboxylic acid groups (broad SMARTS) is 1. The molecule has 0 saturated heterocycles. The second kappa shape index (κ2) is 7.15. The zero-order chi connectivity index (χ0) is 20.9. The van der Waals surface area contributed by atoms with Crippen LogP contribution in [-0.2, 0) is 4.79 Å². The average molecular weight is 431 g/mol. The van der Waals surface area contributed by atoms with Crippen LogP contribution in [0.15, 0.2) is 47.5 Å². The molecular weight excluding hydrogens is 411 g/mol. The van der Waals surface area contributed by atoms with E-state index in [1.165, 1.54) is 0 Å². The minimum absolute atomic E-state index is 0.170. The lowest BCUT2D eigenvalue weighted by atomic mass is 9.96. The molecule has 2 aromatic rings. The highest BCUT2D eigenvalue weighted by molar-refractivity contribution is 6.47. The fraction of sp³-hybridized carbons (Fsp3) is 0.318. The first kappa shape index (κ1) is 19.9. The van der Waals surface area contributed by atoms with E-state index in [1.54, 1.807) is 42.5 Å². The molecule has 0 aromatic heterocycles. The lowest BCUT2D eigenvalue weighted by molar-refractivity contribution is -0.130. The van der Waals surface area contributed by atoms with Crippen LogP contribution in [0, 0.1) is 5.92 Å². The summed E-state index contributed by atoms with van der Waals surface area (Å²) in [7, 11) is 0. The predicted octanol–water partition coefficient (Wildman–Crippen LogP) is 5.21. The van der Waals surface area contributed by atoms with E-state index in [0.29, 0.717) is 27.2 Å². The lowest BCUT2D eigenvalue weighted by Gasteiger charge is -2.37. The molecule has 1 atom stereocenters. The van der Waals surface area contributed by atoms with Crippen LogP contribution in [0.4, 0.5) is 0 Å². The van der Waals surface area contributed by atoms with Gasteiger partial charge in [0.05, 0.1) is 11.6 Å². The maximum absolute atomic E-state index is 13.5. The van der Waals surface area contributed by atoms with Crippen molar-refractivity contribution in [3.63, 3.8) is 0 Å². The van der Waals surface area contributed by atoms with Gasteiger partial charge in [-0.25, -0.2) is 4.79 Å². The van der Waals surface area contributed by atoms with Gasteiger partial charge in [-0.2, -0.15) is 0 Å². The third-order valence-corrected chi connectivity index (χ3v) is 5.81. The smallest absolute Gasteiger partial charge is 0.335 e. The molecule has 5 nitrogen and oxygen atoms in total. The summed E-state index contributed by atoms with van der Waals surface area (Å²) in [5.41, 5.74) is 1.33. The Morgan fingerprint density at radius 1 is 1.14 bits per heavy atom. The van der Waals surface area contributed by atoms with Gasteiger partial charge in [-0.05, 0) is 68.5 Å². The molecule has 1 N–H and O–H groups in total. The number of amides is 1. The number of carbonyl (C=O) groups excluding carboxylic acids is 1. The van der Waals surface area contributed by atoms with Crippen LogP contribution in [0.2, 0.25) is 10.0 Å². The summed E-state index contributed by atoms with van der Waals surface area (Å²) in [4.78, 5) is 31.2. The summed E-state index contributed by atoms with van der Waals surface area (Å²) >= 11 is 12.3. The van der Waals surface area contributed by atoms with Crippen LogP contribution in [0.25, 0.3) is 0 Å². The fourth-order valence-corrected chi connectivity index (χ4v) is 4.48. The van der Waals surface area contributed by atoms with Gasteiger partial charge in [-0.15, -0.1) is 0 Å². The van der Waals surface area contributed by atoms with Crippen LogP contribution in [0.1, 0.15) is 54.2 Å². The molecule has 1 fully saturated rings. The molecule has 0 radical (unpaired) electrons. The van der Waals surface area contributed by atoms with Gasteiger partial charge in [0.2, 0.25) is 0 Å². The molecule has 1 amide bonds. The third kappa shape index (κ3) is 3.77. The second-order valence-electron chi connectivity index (χ2n) is 8.00. The van der Waals surface area contributed by atoms with E-state index >= 15 is 0 Å². The van der Waals surface area contributed by atoms with Gasteiger partial charge in [0.1, 0.15) is 11.4 Å². The van der Waals surface area contributed by atoms with Crippen molar-refractivity contribution in [1.29, 1.82) is 0 Å². The Kier molecular flexibility index (Phi) is 4.91. The highest BCUT2D eigenvalue weighted by Gasteiger charge is 2.49. The van der Waals surface area contributed by atoms with Crippen LogP contribution in [0.5, 0.6) is 0 Å². The van der Waals surface area contributed by atoms with Gasteiger partial charge in [-0.1, -0.05) is 35.3 Å². The number of hydrogen-bond donors (Lipinski definition) is 1. The normalized spacial score (nSPS) is 19.2. The fourth-order valence-electron chi connectivity index (χ4n) is 3.95. The highest BCUT2D eigenvalue weighted by Crippen LogP contribution is 2.48. The Bertz CT molecular complexity index is 1010. The summed E-state index contributed by atoms with van der Waals surface area (Å²) in [6.45, 7) is 3.82. The van der Waals surface area contributed by atoms with Crippen molar-refractivity contribution in [2.45, 2.75) is 38.4 Å². The van der Waals surface area contributed by atoms with Gasteiger partial charge in [0.25, 0.3) is 5.91 Å². The Balaban J connectivity index is 1.73. The molecular formula is C22H20Cl2N2O3. The Morgan fingerprint density at radius 3 is 2.24 bits per heavy atom. The molecule has 1 saturated carbocycles. The molecule has 2 aromatic carbocycles. The van der Waals surface area contributed by atoms with E-state index in [-0.39, 0.29) is 17.5 Å². The summed E-state index contributed by atoms with van der Waals surface area (Å²) in [5, 5.41) is 10.1. The molecule has 150 valence electrons.